The number of likely N-dealkylation sites (N-methyl/N-ethyl adjacent to an activating group) is 1. The van der Waals surface area contributed by atoms with Gasteiger partial charge in [-0.25, -0.2) is 8.42 Å². The molecule has 1 aliphatic heterocycles. The van der Waals surface area contributed by atoms with Crippen molar-refractivity contribution in [2.45, 2.75) is 17.9 Å². The summed E-state index contributed by atoms with van der Waals surface area (Å²) >= 11 is 0. The van der Waals surface area contributed by atoms with Crippen molar-refractivity contribution in [3.63, 3.8) is 0 Å². The van der Waals surface area contributed by atoms with E-state index in [4.69, 9.17) is 5.73 Å². The Balaban J connectivity index is 2.30. The number of nitrogen functional groups attached to an aromatic ring is 1. The van der Waals surface area contributed by atoms with Gasteiger partial charge in [0, 0.05) is 43.2 Å². The summed E-state index contributed by atoms with van der Waals surface area (Å²) < 4.78 is 23.3. The third kappa shape index (κ3) is 3.54. The zero-order valence-electron chi connectivity index (χ0n) is 12.5. The Morgan fingerprint density at radius 1 is 1.29 bits per heavy atom. The summed E-state index contributed by atoms with van der Waals surface area (Å²) in [5.74, 6) is -0.174. The molecule has 7 heteroatoms. The highest BCUT2D eigenvalue weighted by Crippen LogP contribution is 2.19. The number of benzene rings is 1. The second kappa shape index (κ2) is 5.65. The molecule has 1 aromatic carbocycles. The van der Waals surface area contributed by atoms with E-state index in [0.29, 0.717) is 18.7 Å². The highest BCUT2D eigenvalue weighted by Gasteiger charge is 2.26. The first-order valence-electron chi connectivity index (χ1n) is 6.78. The molecule has 0 bridgehead atoms. The van der Waals surface area contributed by atoms with Gasteiger partial charge in [-0.3, -0.25) is 4.79 Å². The average molecular weight is 311 g/mol. The number of nitrogens with two attached hydrogens (primary N) is 1. The Morgan fingerprint density at radius 3 is 2.52 bits per heavy atom. The van der Waals surface area contributed by atoms with E-state index in [1.54, 1.807) is 4.90 Å². The second-order valence-corrected chi connectivity index (χ2v) is 7.66. The highest BCUT2D eigenvalue weighted by atomic mass is 32.2. The van der Waals surface area contributed by atoms with Gasteiger partial charge in [-0.2, -0.15) is 0 Å². The van der Waals surface area contributed by atoms with Crippen LogP contribution < -0.4 is 5.73 Å². The highest BCUT2D eigenvalue weighted by molar-refractivity contribution is 7.90. The molecule has 0 radical (unpaired) electrons. The molecule has 1 saturated heterocycles. The minimum Gasteiger partial charge on any atom is -0.399 e. The molecule has 1 atom stereocenters. The van der Waals surface area contributed by atoms with Gasteiger partial charge in [-0.05, 0) is 32.2 Å². The number of piperazine rings is 1. The Hall–Kier alpha value is -1.60. The van der Waals surface area contributed by atoms with Crippen LogP contribution in [-0.4, -0.2) is 63.1 Å². The molecule has 21 heavy (non-hydrogen) atoms. The lowest BCUT2D eigenvalue weighted by Gasteiger charge is -2.37. The molecule has 0 saturated carbocycles. The Morgan fingerprint density at radius 2 is 1.95 bits per heavy atom. The third-order valence-electron chi connectivity index (χ3n) is 3.85. The molecule has 0 spiro atoms. The molecular formula is C14H21N3O3S. The van der Waals surface area contributed by atoms with Crippen molar-refractivity contribution in [2.24, 2.45) is 0 Å². The van der Waals surface area contributed by atoms with Crippen molar-refractivity contribution in [1.82, 2.24) is 9.80 Å². The largest absolute Gasteiger partial charge is 0.399 e. The number of carbonyl (C=O) groups is 1. The number of carbonyl (C=O) groups excluding carboxylic acids is 1. The molecule has 1 heterocycles. The fourth-order valence-corrected chi connectivity index (χ4v) is 3.07. The van der Waals surface area contributed by atoms with Crippen LogP contribution in [0.3, 0.4) is 0 Å². The molecule has 116 valence electrons. The molecule has 2 rings (SSSR count). The van der Waals surface area contributed by atoms with Crippen molar-refractivity contribution >= 4 is 21.4 Å². The molecule has 0 aliphatic carbocycles. The Bertz CT molecular complexity index is 657. The molecule has 1 amide bonds. The van der Waals surface area contributed by atoms with Gasteiger partial charge in [0.05, 0.1) is 4.90 Å². The van der Waals surface area contributed by atoms with E-state index in [0.717, 1.165) is 12.8 Å². The summed E-state index contributed by atoms with van der Waals surface area (Å²) in [6, 6.07) is 4.58. The lowest BCUT2D eigenvalue weighted by atomic mass is 10.1. The fraction of sp³-hybridized carbons (Fsp3) is 0.500. The van der Waals surface area contributed by atoms with Crippen molar-refractivity contribution in [3.05, 3.63) is 23.8 Å². The summed E-state index contributed by atoms with van der Waals surface area (Å²) in [6.07, 6.45) is 1.11. The van der Waals surface area contributed by atoms with Crippen LogP contribution in [0.25, 0.3) is 0 Å². The molecule has 6 nitrogen and oxygen atoms in total. The van der Waals surface area contributed by atoms with Crippen LogP contribution in [0, 0.1) is 0 Å². The lowest BCUT2D eigenvalue weighted by Crippen LogP contribution is -2.52. The number of nitrogens with zero attached hydrogens (tertiary/aromatic N) is 2. The summed E-state index contributed by atoms with van der Waals surface area (Å²) in [7, 11) is -1.37. The van der Waals surface area contributed by atoms with Crippen LogP contribution in [0.1, 0.15) is 17.3 Å². The van der Waals surface area contributed by atoms with Crippen LogP contribution in [0.2, 0.25) is 0 Å². The van der Waals surface area contributed by atoms with Crippen molar-refractivity contribution in [2.75, 3.05) is 38.7 Å². The normalized spacial score (nSPS) is 20.5. The van der Waals surface area contributed by atoms with Crippen LogP contribution in [0.4, 0.5) is 5.69 Å². The van der Waals surface area contributed by atoms with Gasteiger partial charge >= 0.3 is 0 Å². The van der Waals surface area contributed by atoms with E-state index >= 15 is 0 Å². The van der Waals surface area contributed by atoms with E-state index < -0.39 is 9.84 Å². The van der Waals surface area contributed by atoms with E-state index in [9.17, 15) is 13.2 Å². The molecular weight excluding hydrogens is 290 g/mol. The first-order valence-corrected chi connectivity index (χ1v) is 8.68. The Kier molecular flexibility index (Phi) is 4.25. The molecule has 1 aromatic rings. The third-order valence-corrected chi connectivity index (χ3v) is 4.94. The molecule has 1 aliphatic rings. The summed E-state index contributed by atoms with van der Waals surface area (Å²) in [5.41, 5.74) is 6.34. The number of hydrogen-bond donors (Lipinski definition) is 1. The fourth-order valence-electron chi connectivity index (χ4n) is 2.38. The van der Waals surface area contributed by atoms with Crippen LogP contribution in [0.15, 0.2) is 23.1 Å². The average Bonchev–Trinajstić information content (AvgIpc) is 2.39. The van der Waals surface area contributed by atoms with E-state index in [1.165, 1.54) is 18.2 Å². The van der Waals surface area contributed by atoms with Gasteiger partial charge in [0.25, 0.3) is 5.91 Å². The molecule has 1 fully saturated rings. The van der Waals surface area contributed by atoms with Gasteiger partial charge in [-0.15, -0.1) is 0 Å². The van der Waals surface area contributed by atoms with Crippen molar-refractivity contribution < 1.29 is 13.2 Å². The van der Waals surface area contributed by atoms with Crippen molar-refractivity contribution in [1.29, 1.82) is 0 Å². The first kappa shape index (κ1) is 15.8. The number of anilines is 1. The van der Waals surface area contributed by atoms with Crippen LogP contribution >= 0.6 is 0 Å². The lowest BCUT2D eigenvalue weighted by molar-refractivity contribution is 0.0572. The minimum atomic E-state index is -3.39. The number of rotatable bonds is 2. The van der Waals surface area contributed by atoms with Gasteiger partial charge in [0.15, 0.2) is 9.84 Å². The van der Waals surface area contributed by atoms with E-state index in [2.05, 4.69) is 11.8 Å². The predicted molar refractivity (Wildman–Crippen MR) is 82.0 cm³/mol. The maximum absolute atomic E-state index is 12.5. The molecule has 1 unspecified atom stereocenters. The van der Waals surface area contributed by atoms with E-state index in [1.807, 2.05) is 7.05 Å². The first-order chi connectivity index (χ1) is 9.68. The zero-order valence-corrected chi connectivity index (χ0v) is 13.4. The molecule has 0 aromatic heterocycles. The number of hydrogen-bond acceptors (Lipinski definition) is 5. The topological polar surface area (TPSA) is 83.7 Å². The second-order valence-electron chi connectivity index (χ2n) is 5.64. The Labute approximate surface area is 125 Å². The summed E-state index contributed by atoms with van der Waals surface area (Å²) in [6.45, 7) is 4.11. The van der Waals surface area contributed by atoms with Crippen LogP contribution in [0.5, 0.6) is 0 Å². The smallest absolute Gasteiger partial charge is 0.254 e. The number of amides is 1. The monoisotopic (exact) mass is 311 g/mol. The quantitative estimate of drug-likeness (QED) is 0.802. The summed E-state index contributed by atoms with van der Waals surface area (Å²) in [5, 5.41) is 0. The zero-order chi connectivity index (χ0) is 15.8. The number of sulfone groups is 1. The van der Waals surface area contributed by atoms with Crippen molar-refractivity contribution in [3.8, 4) is 0 Å². The van der Waals surface area contributed by atoms with Gasteiger partial charge in [0.2, 0.25) is 0 Å². The van der Waals surface area contributed by atoms with Gasteiger partial charge in [-0.1, -0.05) is 0 Å². The SMILES string of the molecule is CC1CN(C(=O)c2cc(N)cc(S(C)(=O)=O)c2)CCN1C. The van der Waals surface area contributed by atoms with Gasteiger partial charge in [0.1, 0.15) is 0 Å². The maximum atomic E-state index is 12.5. The predicted octanol–water partition coefficient (Wildman–Crippen LogP) is 0.448. The van der Waals surface area contributed by atoms with E-state index in [-0.39, 0.29) is 22.5 Å². The van der Waals surface area contributed by atoms with Crippen LogP contribution in [-0.2, 0) is 9.84 Å². The molecule has 2 N–H and O–H groups in total. The standard InChI is InChI=1S/C14H21N3O3S/c1-10-9-17(5-4-16(10)2)14(18)11-6-12(15)8-13(7-11)21(3,19)20/h6-8,10H,4-5,9,15H2,1-3H3. The summed E-state index contributed by atoms with van der Waals surface area (Å²) in [4.78, 5) is 16.5. The maximum Gasteiger partial charge on any atom is 0.254 e. The minimum absolute atomic E-state index is 0.0769. The van der Waals surface area contributed by atoms with Gasteiger partial charge < -0.3 is 15.5 Å².